The van der Waals surface area contributed by atoms with Gasteiger partial charge in [-0.25, -0.2) is 0 Å². The number of nitrogens with one attached hydrogen (secondary N) is 1. The van der Waals surface area contributed by atoms with Gasteiger partial charge in [-0.1, -0.05) is 47.5 Å². The van der Waals surface area contributed by atoms with Crippen molar-refractivity contribution in [1.29, 1.82) is 0 Å². The van der Waals surface area contributed by atoms with Gasteiger partial charge in [-0.15, -0.1) is 0 Å². The van der Waals surface area contributed by atoms with Crippen molar-refractivity contribution in [3.63, 3.8) is 0 Å². The minimum Gasteiger partial charge on any atom is -0.317 e. The van der Waals surface area contributed by atoms with Crippen LogP contribution in [0.25, 0.3) is 11.1 Å². The van der Waals surface area contributed by atoms with Crippen molar-refractivity contribution in [2.75, 3.05) is 7.05 Å². The molecular formula is C16H17Cl2N. The largest absolute Gasteiger partial charge is 0.317 e. The standard InChI is InChI=1S/C16H17Cl2N/c1-11(19-2)7-12-3-5-13(6-4-12)14-8-15(17)10-16(18)9-14/h3-6,8-11,19H,7H2,1-2H3. The van der Waals surface area contributed by atoms with E-state index in [-0.39, 0.29) is 0 Å². The zero-order valence-corrected chi connectivity index (χ0v) is 12.6. The number of halogens is 2. The van der Waals surface area contributed by atoms with E-state index in [0.717, 1.165) is 17.5 Å². The van der Waals surface area contributed by atoms with Gasteiger partial charge in [0.25, 0.3) is 0 Å². The summed E-state index contributed by atoms with van der Waals surface area (Å²) in [5.41, 5.74) is 3.50. The lowest BCUT2D eigenvalue weighted by atomic mass is 10.0. The highest BCUT2D eigenvalue weighted by Gasteiger charge is 2.03. The SMILES string of the molecule is CNC(C)Cc1ccc(-c2cc(Cl)cc(Cl)c2)cc1. The van der Waals surface area contributed by atoms with Crippen LogP contribution in [0.15, 0.2) is 42.5 Å². The molecule has 0 saturated carbocycles. The molecule has 0 amide bonds. The molecule has 1 N–H and O–H groups in total. The van der Waals surface area contributed by atoms with Crippen LogP contribution in [-0.4, -0.2) is 13.1 Å². The van der Waals surface area contributed by atoms with Gasteiger partial charge in [-0.2, -0.15) is 0 Å². The fourth-order valence-electron chi connectivity index (χ4n) is 2.01. The van der Waals surface area contributed by atoms with Gasteiger partial charge in [0.05, 0.1) is 0 Å². The first-order valence-corrected chi connectivity index (χ1v) is 7.07. The van der Waals surface area contributed by atoms with Crippen LogP contribution in [0.5, 0.6) is 0 Å². The maximum atomic E-state index is 6.03. The first-order valence-electron chi connectivity index (χ1n) is 6.31. The van der Waals surface area contributed by atoms with Crippen molar-refractivity contribution in [1.82, 2.24) is 5.32 Å². The van der Waals surface area contributed by atoms with E-state index in [0.29, 0.717) is 16.1 Å². The quantitative estimate of drug-likeness (QED) is 0.853. The maximum Gasteiger partial charge on any atom is 0.0426 e. The fraction of sp³-hybridized carbons (Fsp3) is 0.250. The number of hydrogen-bond acceptors (Lipinski definition) is 1. The monoisotopic (exact) mass is 293 g/mol. The first kappa shape index (κ1) is 14.4. The van der Waals surface area contributed by atoms with Crippen molar-refractivity contribution in [2.24, 2.45) is 0 Å². The van der Waals surface area contributed by atoms with E-state index >= 15 is 0 Å². The molecule has 0 aromatic heterocycles. The molecule has 0 aliphatic rings. The van der Waals surface area contributed by atoms with E-state index in [4.69, 9.17) is 23.2 Å². The Morgan fingerprint density at radius 1 is 0.947 bits per heavy atom. The van der Waals surface area contributed by atoms with Crippen LogP contribution < -0.4 is 5.32 Å². The first-order chi connectivity index (χ1) is 9.08. The third-order valence-corrected chi connectivity index (χ3v) is 3.62. The van der Waals surface area contributed by atoms with Crippen molar-refractivity contribution >= 4 is 23.2 Å². The number of likely N-dealkylation sites (N-methyl/N-ethyl adjacent to an activating group) is 1. The Hall–Kier alpha value is -1.02. The Labute approximate surface area is 124 Å². The Bertz CT molecular complexity index is 529. The molecule has 0 bridgehead atoms. The average Bonchev–Trinajstić information content (AvgIpc) is 2.38. The van der Waals surface area contributed by atoms with Crippen LogP contribution in [0.4, 0.5) is 0 Å². The molecule has 3 heteroatoms. The maximum absolute atomic E-state index is 6.03. The molecule has 2 aromatic rings. The molecule has 0 aliphatic carbocycles. The Kier molecular flexibility index (Phi) is 4.87. The van der Waals surface area contributed by atoms with Crippen molar-refractivity contribution in [3.05, 3.63) is 58.1 Å². The van der Waals surface area contributed by atoms with Crippen LogP contribution in [0, 0.1) is 0 Å². The smallest absolute Gasteiger partial charge is 0.0426 e. The van der Waals surface area contributed by atoms with Gasteiger partial charge in [0.15, 0.2) is 0 Å². The van der Waals surface area contributed by atoms with Gasteiger partial charge in [0.2, 0.25) is 0 Å². The van der Waals surface area contributed by atoms with Crippen molar-refractivity contribution in [2.45, 2.75) is 19.4 Å². The summed E-state index contributed by atoms with van der Waals surface area (Å²) < 4.78 is 0. The lowest BCUT2D eigenvalue weighted by Crippen LogP contribution is -2.23. The van der Waals surface area contributed by atoms with E-state index in [1.807, 2.05) is 19.2 Å². The van der Waals surface area contributed by atoms with Crippen LogP contribution in [0.2, 0.25) is 10.0 Å². The van der Waals surface area contributed by atoms with Crippen LogP contribution in [0.3, 0.4) is 0 Å². The molecule has 1 atom stereocenters. The van der Waals surface area contributed by atoms with Gasteiger partial charge in [-0.3, -0.25) is 0 Å². The fourth-order valence-corrected chi connectivity index (χ4v) is 2.54. The third-order valence-electron chi connectivity index (χ3n) is 3.18. The predicted octanol–water partition coefficient (Wildman–Crippen LogP) is 4.81. The second-order valence-corrected chi connectivity index (χ2v) is 5.62. The Morgan fingerprint density at radius 2 is 1.53 bits per heavy atom. The molecule has 0 aliphatic heterocycles. The van der Waals surface area contributed by atoms with Crippen molar-refractivity contribution in [3.8, 4) is 11.1 Å². The van der Waals surface area contributed by atoms with Crippen LogP contribution >= 0.6 is 23.2 Å². The van der Waals surface area contributed by atoms with E-state index in [9.17, 15) is 0 Å². The Balaban J connectivity index is 2.22. The number of benzene rings is 2. The summed E-state index contributed by atoms with van der Waals surface area (Å²) in [7, 11) is 1.98. The molecule has 0 saturated heterocycles. The van der Waals surface area contributed by atoms with E-state index < -0.39 is 0 Å². The van der Waals surface area contributed by atoms with Gasteiger partial charge in [-0.05, 0) is 55.3 Å². The lowest BCUT2D eigenvalue weighted by molar-refractivity contribution is 0.608. The molecule has 2 aromatic carbocycles. The molecule has 2 rings (SSSR count). The molecular weight excluding hydrogens is 277 g/mol. The average molecular weight is 294 g/mol. The predicted molar refractivity (Wildman–Crippen MR) is 84.1 cm³/mol. The number of rotatable bonds is 4. The van der Waals surface area contributed by atoms with Gasteiger partial charge < -0.3 is 5.32 Å². The summed E-state index contributed by atoms with van der Waals surface area (Å²) in [6.45, 7) is 2.17. The van der Waals surface area contributed by atoms with E-state index in [2.05, 4.69) is 36.5 Å². The van der Waals surface area contributed by atoms with Crippen molar-refractivity contribution < 1.29 is 0 Å². The summed E-state index contributed by atoms with van der Waals surface area (Å²) in [5.74, 6) is 0. The summed E-state index contributed by atoms with van der Waals surface area (Å²) in [4.78, 5) is 0. The minimum atomic E-state index is 0.478. The van der Waals surface area contributed by atoms with Crippen LogP contribution in [0.1, 0.15) is 12.5 Å². The molecule has 19 heavy (non-hydrogen) atoms. The molecule has 1 unspecified atom stereocenters. The van der Waals surface area contributed by atoms with E-state index in [1.54, 1.807) is 6.07 Å². The summed E-state index contributed by atoms with van der Waals surface area (Å²) >= 11 is 12.1. The highest BCUT2D eigenvalue weighted by Crippen LogP contribution is 2.27. The van der Waals surface area contributed by atoms with Gasteiger partial charge >= 0.3 is 0 Å². The molecule has 1 nitrogen and oxygen atoms in total. The molecule has 0 heterocycles. The molecule has 0 fully saturated rings. The zero-order chi connectivity index (χ0) is 13.8. The van der Waals surface area contributed by atoms with Gasteiger partial charge in [0, 0.05) is 16.1 Å². The number of hydrogen-bond donors (Lipinski definition) is 1. The minimum absolute atomic E-state index is 0.478. The molecule has 100 valence electrons. The highest BCUT2D eigenvalue weighted by molar-refractivity contribution is 6.35. The van der Waals surface area contributed by atoms with E-state index in [1.165, 1.54) is 5.56 Å². The zero-order valence-electron chi connectivity index (χ0n) is 11.1. The topological polar surface area (TPSA) is 12.0 Å². The van der Waals surface area contributed by atoms with Gasteiger partial charge in [0.1, 0.15) is 0 Å². The second-order valence-electron chi connectivity index (χ2n) is 4.75. The molecule has 0 spiro atoms. The summed E-state index contributed by atoms with van der Waals surface area (Å²) in [6, 6.07) is 14.6. The summed E-state index contributed by atoms with van der Waals surface area (Å²) in [6.07, 6.45) is 1.02. The highest BCUT2D eigenvalue weighted by atomic mass is 35.5. The molecule has 0 radical (unpaired) electrons. The normalized spacial score (nSPS) is 12.4. The lowest BCUT2D eigenvalue weighted by Gasteiger charge is -2.10. The Morgan fingerprint density at radius 3 is 2.05 bits per heavy atom. The summed E-state index contributed by atoms with van der Waals surface area (Å²) in [5, 5.41) is 4.56. The third kappa shape index (κ3) is 3.97. The van der Waals surface area contributed by atoms with Crippen LogP contribution in [-0.2, 0) is 6.42 Å². The second kappa shape index (κ2) is 6.42.